The summed E-state index contributed by atoms with van der Waals surface area (Å²) in [7, 11) is 0. The van der Waals surface area contributed by atoms with Crippen molar-refractivity contribution in [2.45, 2.75) is 13.0 Å². The van der Waals surface area contributed by atoms with E-state index in [9.17, 15) is 4.79 Å². The van der Waals surface area contributed by atoms with Crippen molar-refractivity contribution < 1.29 is 0 Å². The monoisotopic (exact) mass is 477 g/mol. The van der Waals surface area contributed by atoms with E-state index in [1.807, 2.05) is 6.07 Å². The van der Waals surface area contributed by atoms with E-state index in [-0.39, 0.29) is 5.56 Å². The number of benzene rings is 2. The Morgan fingerprint density at radius 1 is 1.06 bits per heavy atom. The number of anilines is 2. The summed E-state index contributed by atoms with van der Waals surface area (Å²) in [5, 5.41) is 7.63. The maximum absolute atomic E-state index is 13.5. The van der Waals surface area contributed by atoms with Gasteiger partial charge in [-0.25, -0.2) is 14.5 Å². The van der Waals surface area contributed by atoms with Crippen LogP contribution in [0.5, 0.6) is 0 Å². The average Bonchev–Trinajstić information content (AvgIpc) is 3.31. The molecule has 8 nitrogen and oxygen atoms in total. The highest BCUT2D eigenvalue weighted by molar-refractivity contribution is 6.37. The number of rotatable bonds is 3. The van der Waals surface area contributed by atoms with Crippen LogP contribution < -0.4 is 16.2 Å². The lowest BCUT2D eigenvalue weighted by atomic mass is 10.0. The fourth-order valence-corrected chi connectivity index (χ4v) is 4.76. The highest BCUT2D eigenvalue weighted by Gasteiger charge is 2.19. The number of halogens is 2. The number of fused-ring (bicyclic) bond motifs is 4. The molecule has 5 aromatic rings. The molecule has 0 spiro atoms. The third kappa shape index (κ3) is 3.34. The van der Waals surface area contributed by atoms with Crippen LogP contribution in [0.25, 0.3) is 22.5 Å². The summed E-state index contributed by atoms with van der Waals surface area (Å²) in [6.45, 7) is 1.83. The second-order valence-electron chi connectivity index (χ2n) is 7.77. The van der Waals surface area contributed by atoms with E-state index in [2.05, 4.69) is 37.7 Å². The summed E-state index contributed by atoms with van der Waals surface area (Å²) in [6.07, 6.45) is 5.86. The molecule has 0 radical (unpaired) electrons. The number of nitrogens with one attached hydrogen (secondary N) is 2. The Hall–Kier alpha value is -3.46. The van der Waals surface area contributed by atoms with Gasteiger partial charge in [-0.1, -0.05) is 35.3 Å². The lowest BCUT2D eigenvalue weighted by Crippen LogP contribution is -2.23. The molecule has 33 heavy (non-hydrogen) atoms. The van der Waals surface area contributed by atoms with Crippen molar-refractivity contribution in [2.75, 3.05) is 11.9 Å². The van der Waals surface area contributed by atoms with E-state index in [0.717, 1.165) is 25.2 Å². The summed E-state index contributed by atoms with van der Waals surface area (Å²) in [5.74, 6) is 0.737. The maximum atomic E-state index is 13.5. The summed E-state index contributed by atoms with van der Waals surface area (Å²) < 4.78 is 3.11. The largest absolute Gasteiger partial charge is 0.324 e. The topological polar surface area (TPSA) is 89.1 Å². The van der Waals surface area contributed by atoms with Gasteiger partial charge in [0.2, 0.25) is 11.7 Å². The van der Waals surface area contributed by atoms with Crippen molar-refractivity contribution in [1.82, 2.24) is 29.2 Å². The van der Waals surface area contributed by atoms with Crippen LogP contribution >= 0.6 is 23.2 Å². The zero-order valence-corrected chi connectivity index (χ0v) is 18.7. The predicted molar refractivity (Wildman–Crippen MR) is 129 cm³/mol. The van der Waals surface area contributed by atoms with Gasteiger partial charge >= 0.3 is 0 Å². The van der Waals surface area contributed by atoms with Crippen molar-refractivity contribution in [3.63, 3.8) is 0 Å². The van der Waals surface area contributed by atoms with E-state index >= 15 is 0 Å². The lowest BCUT2D eigenvalue weighted by molar-refractivity contribution is 0.644. The van der Waals surface area contributed by atoms with Crippen molar-refractivity contribution in [2.24, 2.45) is 0 Å². The SMILES string of the molecule is O=c1c2cnc(Nc3ccc4c(c3)CNCC4)nc2n2ccnc2n1-c1c(Cl)cccc1Cl. The molecule has 2 N–H and O–H groups in total. The number of imidazole rings is 1. The first-order valence-electron chi connectivity index (χ1n) is 10.4. The van der Waals surface area contributed by atoms with Crippen molar-refractivity contribution in [3.05, 3.63) is 86.5 Å². The zero-order valence-electron chi connectivity index (χ0n) is 17.2. The van der Waals surface area contributed by atoms with Crippen LogP contribution in [0.15, 0.2) is 59.8 Å². The van der Waals surface area contributed by atoms with Gasteiger partial charge in [-0.3, -0.25) is 9.20 Å². The molecule has 1 aliphatic rings. The third-order valence-electron chi connectivity index (χ3n) is 5.76. The Balaban J connectivity index is 1.50. The molecule has 0 atom stereocenters. The third-order valence-corrected chi connectivity index (χ3v) is 6.37. The average molecular weight is 478 g/mol. The number of hydrogen-bond acceptors (Lipinski definition) is 6. The van der Waals surface area contributed by atoms with Gasteiger partial charge in [-0.05, 0) is 48.4 Å². The molecule has 3 aromatic heterocycles. The van der Waals surface area contributed by atoms with Crippen LogP contribution in [0.3, 0.4) is 0 Å². The van der Waals surface area contributed by atoms with Gasteiger partial charge in [0.15, 0.2) is 5.65 Å². The highest BCUT2D eigenvalue weighted by Crippen LogP contribution is 2.29. The Labute approximate surface area is 197 Å². The predicted octanol–water partition coefficient (Wildman–Crippen LogP) is 4.12. The number of nitrogens with zero attached hydrogens (tertiary/aromatic N) is 5. The Bertz CT molecular complexity index is 1590. The summed E-state index contributed by atoms with van der Waals surface area (Å²) in [4.78, 5) is 26.9. The molecule has 1 aliphatic heterocycles. The molecular formula is C23H17Cl2N7O. The number of aromatic nitrogens is 5. The van der Waals surface area contributed by atoms with Crippen molar-refractivity contribution in [3.8, 4) is 5.69 Å². The number of para-hydroxylation sites is 1. The second kappa shape index (κ2) is 7.84. The van der Waals surface area contributed by atoms with Gasteiger partial charge in [0, 0.05) is 30.8 Å². The molecule has 0 unspecified atom stereocenters. The van der Waals surface area contributed by atoms with Gasteiger partial charge in [0.25, 0.3) is 5.56 Å². The molecule has 0 fully saturated rings. The molecule has 4 heterocycles. The van der Waals surface area contributed by atoms with Crippen LogP contribution in [0.4, 0.5) is 11.6 Å². The van der Waals surface area contributed by atoms with Crippen LogP contribution in [-0.4, -0.2) is 30.5 Å². The van der Waals surface area contributed by atoms with E-state index in [0.29, 0.717) is 38.5 Å². The van der Waals surface area contributed by atoms with E-state index in [1.165, 1.54) is 21.9 Å². The van der Waals surface area contributed by atoms with Crippen LogP contribution in [0, 0.1) is 0 Å². The summed E-state index contributed by atoms with van der Waals surface area (Å²) in [6, 6.07) is 11.3. The van der Waals surface area contributed by atoms with Gasteiger partial charge in [0.05, 0.1) is 15.7 Å². The zero-order chi connectivity index (χ0) is 22.5. The molecule has 164 valence electrons. The minimum atomic E-state index is -0.356. The minimum Gasteiger partial charge on any atom is -0.324 e. The molecule has 0 saturated heterocycles. The molecule has 0 amide bonds. The van der Waals surface area contributed by atoms with Gasteiger partial charge in [0.1, 0.15) is 5.39 Å². The molecule has 0 bridgehead atoms. The molecule has 10 heteroatoms. The summed E-state index contributed by atoms with van der Waals surface area (Å²) in [5.41, 5.74) is 3.93. The van der Waals surface area contributed by atoms with Gasteiger partial charge < -0.3 is 10.6 Å². The van der Waals surface area contributed by atoms with Crippen LogP contribution in [0.2, 0.25) is 10.0 Å². The van der Waals surface area contributed by atoms with E-state index in [4.69, 9.17) is 23.2 Å². The first kappa shape index (κ1) is 20.2. The van der Waals surface area contributed by atoms with Crippen molar-refractivity contribution in [1.29, 1.82) is 0 Å². The normalized spacial score (nSPS) is 13.4. The first-order valence-corrected chi connectivity index (χ1v) is 11.1. The Morgan fingerprint density at radius 2 is 1.91 bits per heavy atom. The summed E-state index contributed by atoms with van der Waals surface area (Å²) >= 11 is 12.8. The van der Waals surface area contributed by atoms with Gasteiger partial charge in [-0.15, -0.1) is 0 Å². The van der Waals surface area contributed by atoms with Crippen molar-refractivity contribution >= 4 is 51.6 Å². The molecule has 2 aromatic carbocycles. The quantitative estimate of drug-likeness (QED) is 0.406. The van der Waals surface area contributed by atoms with Crippen LogP contribution in [0.1, 0.15) is 11.1 Å². The fourth-order valence-electron chi connectivity index (χ4n) is 4.20. The standard InChI is InChI=1S/C23H17Cl2N7O/c24-17-2-1-3-18(25)19(17)32-21(33)16-12-28-22(30-20(16)31-9-8-27-23(31)32)29-15-5-4-13-6-7-26-11-14(13)10-15/h1-5,8-10,12,26H,6-7,11H2,(H,28,29,30). The second-order valence-corrected chi connectivity index (χ2v) is 8.59. The maximum Gasteiger partial charge on any atom is 0.270 e. The molecular weight excluding hydrogens is 461 g/mol. The molecule has 0 saturated carbocycles. The number of hydrogen-bond donors (Lipinski definition) is 2. The molecule has 6 rings (SSSR count). The Morgan fingerprint density at radius 3 is 2.76 bits per heavy atom. The Kier molecular flexibility index (Phi) is 4.79. The molecule has 0 aliphatic carbocycles. The van der Waals surface area contributed by atoms with E-state index < -0.39 is 0 Å². The van der Waals surface area contributed by atoms with E-state index in [1.54, 1.807) is 35.0 Å². The smallest absolute Gasteiger partial charge is 0.270 e. The minimum absolute atomic E-state index is 0.316. The fraction of sp³-hybridized carbons (Fsp3) is 0.130. The van der Waals surface area contributed by atoms with Crippen LogP contribution in [-0.2, 0) is 13.0 Å². The van der Waals surface area contributed by atoms with Gasteiger partial charge in [-0.2, -0.15) is 4.98 Å². The lowest BCUT2D eigenvalue weighted by Gasteiger charge is -2.18. The first-order chi connectivity index (χ1) is 16.1. The highest BCUT2D eigenvalue weighted by atomic mass is 35.5.